The summed E-state index contributed by atoms with van der Waals surface area (Å²) >= 11 is 0. The van der Waals surface area contributed by atoms with Crippen molar-refractivity contribution in [1.82, 2.24) is 0 Å². The van der Waals surface area contributed by atoms with Crippen molar-refractivity contribution in [3.63, 3.8) is 0 Å². The minimum atomic E-state index is -1.90. The Morgan fingerprint density at radius 3 is 1.73 bits per heavy atom. The smallest absolute Gasteiger partial charge is 0.324 e. The highest BCUT2D eigenvalue weighted by Crippen LogP contribution is 2.09. The average Bonchev–Trinajstić information content (AvgIpc) is 1.73. The van der Waals surface area contributed by atoms with Crippen LogP contribution in [0.25, 0.3) is 0 Å². The Morgan fingerprint density at radius 2 is 1.40 bits per heavy atom. The van der Waals surface area contributed by atoms with Gasteiger partial charge in [0, 0.05) is 0 Å². The van der Waals surface area contributed by atoms with Gasteiger partial charge in [-0.05, 0) is 39.3 Å². The molecule has 0 saturated carbocycles. The molecular weight excluding hydrogens is 228 g/mol. The van der Waals surface area contributed by atoms with Gasteiger partial charge in [0.1, 0.15) is 6.08 Å². The molecule has 0 amide bonds. The normalized spacial score (nSPS) is 13.6. The first-order chi connectivity index (χ1) is 6.49. The van der Waals surface area contributed by atoms with Crippen molar-refractivity contribution >= 4 is 22.6 Å². The monoisotopic (exact) mass is 248 g/mol. The third-order valence-corrected chi connectivity index (χ3v) is 2.69. The molecular formula is C9H20O4Si2. The van der Waals surface area contributed by atoms with E-state index in [4.69, 9.17) is 8.85 Å². The fourth-order valence-corrected chi connectivity index (χ4v) is 2.12. The molecule has 0 aliphatic carbocycles. The van der Waals surface area contributed by atoms with E-state index in [0.29, 0.717) is 0 Å². The van der Waals surface area contributed by atoms with Crippen molar-refractivity contribution in [2.24, 2.45) is 0 Å². The second-order valence-corrected chi connectivity index (χ2v) is 14.1. The lowest BCUT2D eigenvalue weighted by atomic mass is 10.6. The van der Waals surface area contributed by atoms with E-state index in [0.717, 1.165) is 6.08 Å². The lowest BCUT2D eigenvalue weighted by Gasteiger charge is -2.19. The molecule has 0 spiro atoms. The molecule has 0 saturated heterocycles. The van der Waals surface area contributed by atoms with Crippen LogP contribution in [0.5, 0.6) is 0 Å². The van der Waals surface area contributed by atoms with E-state index in [1.54, 1.807) is 0 Å². The standard InChI is InChI=1S/C9H20O4Si2/c1-14(2,3)12-8(10)7-9(11)13-15(4,5)6/h7,10H,1-6H3/b8-7+. The molecule has 0 unspecified atom stereocenters. The highest BCUT2D eigenvalue weighted by atomic mass is 28.4. The number of carbonyl (C=O) groups excluding carboxylic acids is 1. The van der Waals surface area contributed by atoms with Crippen LogP contribution in [0.2, 0.25) is 39.3 Å². The topological polar surface area (TPSA) is 55.8 Å². The molecule has 88 valence electrons. The minimum Gasteiger partial charge on any atom is -0.520 e. The summed E-state index contributed by atoms with van der Waals surface area (Å²) in [6.07, 6.45) is 0.997. The molecule has 0 bridgehead atoms. The zero-order chi connectivity index (χ0) is 12.3. The maximum absolute atomic E-state index is 11.3. The molecule has 0 aliphatic rings. The van der Waals surface area contributed by atoms with E-state index in [2.05, 4.69) is 0 Å². The summed E-state index contributed by atoms with van der Waals surface area (Å²) in [6, 6.07) is 0. The molecule has 0 aromatic rings. The van der Waals surface area contributed by atoms with Gasteiger partial charge in [0.25, 0.3) is 5.95 Å². The van der Waals surface area contributed by atoms with Gasteiger partial charge in [-0.3, -0.25) is 0 Å². The largest absolute Gasteiger partial charge is 0.520 e. The predicted octanol–water partition coefficient (Wildman–Crippen LogP) is 2.62. The van der Waals surface area contributed by atoms with Crippen LogP contribution in [0.4, 0.5) is 0 Å². The van der Waals surface area contributed by atoms with Crippen LogP contribution in [-0.4, -0.2) is 27.7 Å². The lowest BCUT2D eigenvalue weighted by molar-refractivity contribution is -0.130. The van der Waals surface area contributed by atoms with Gasteiger partial charge in [0.05, 0.1) is 0 Å². The van der Waals surface area contributed by atoms with Crippen LogP contribution < -0.4 is 0 Å². The third kappa shape index (κ3) is 9.55. The summed E-state index contributed by atoms with van der Waals surface area (Å²) in [4.78, 5) is 11.3. The van der Waals surface area contributed by atoms with Gasteiger partial charge in [-0.1, -0.05) is 0 Å². The quantitative estimate of drug-likeness (QED) is 0.472. The number of rotatable bonds is 4. The first kappa shape index (κ1) is 14.2. The van der Waals surface area contributed by atoms with Gasteiger partial charge in [-0.15, -0.1) is 0 Å². The van der Waals surface area contributed by atoms with Crippen LogP contribution in [-0.2, 0) is 13.6 Å². The van der Waals surface area contributed by atoms with Crippen molar-refractivity contribution in [2.45, 2.75) is 39.3 Å². The summed E-state index contributed by atoms with van der Waals surface area (Å²) in [5.74, 6) is -0.887. The Balaban J connectivity index is 4.31. The zero-order valence-electron chi connectivity index (χ0n) is 10.2. The lowest BCUT2D eigenvalue weighted by Crippen LogP contribution is -2.29. The second-order valence-electron chi connectivity index (χ2n) is 5.23. The number of hydrogen-bond acceptors (Lipinski definition) is 4. The average molecular weight is 248 g/mol. The van der Waals surface area contributed by atoms with E-state index >= 15 is 0 Å². The second kappa shape index (κ2) is 4.84. The van der Waals surface area contributed by atoms with Crippen LogP contribution in [0.3, 0.4) is 0 Å². The number of carbonyl (C=O) groups is 1. The molecule has 4 nitrogen and oxygen atoms in total. The van der Waals surface area contributed by atoms with Crippen molar-refractivity contribution in [3.05, 3.63) is 12.0 Å². The van der Waals surface area contributed by atoms with Crippen LogP contribution in [0.15, 0.2) is 12.0 Å². The van der Waals surface area contributed by atoms with Gasteiger partial charge in [0.15, 0.2) is 0 Å². The summed E-state index contributed by atoms with van der Waals surface area (Å²) in [5.41, 5.74) is 0. The SMILES string of the molecule is C[Si](C)(C)OC(=O)/C=C(\O)O[Si](C)(C)C. The zero-order valence-corrected chi connectivity index (χ0v) is 12.2. The van der Waals surface area contributed by atoms with Crippen LogP contribution >= 0.6 is 0 Å². The minimum absolute atomic E-state index is 0.350. The molecule has 1 N–H and O–H groups in total. The number of aliphatic hydroxyl groups is 1. The molecule has 0 rings (SSSR count). The summed E-state index contributed by atoms with van der Waals surface area (Å²) in [5, 5.41) is 9.34. The van der Waals surface area contributed by atoms with Gasteiger partial charge in [-0.2, -0.15) is 0 Å². The van der Waals surface area contributed by atoms with E-state index in [9.17, 15) is 9.90 Å². The maximum atomic E-state index is 11.3. The Morgan fingerprint density at radius 1 is 1.00 bits per heavy atom. The fourth-order valence-electron chi connectivity index (χ4n) is 0.775. The Hall–Kier alpha value is -0.756. The summed E-state index contributed by atoms with van der Waals surface area (Å²) in [7, 11) is -3.76. The van der Waals surface area contributed by atoms with Crippen molar-refractivity contribution in [3.8, 4) is 0 Å². The van der Waals surface area contributed by atoms with Crippen molar-refractivity contribution in [1.29, 1.82) is 0 Å². The Bertz CT molecular complexity index is 260. The molecule has 15 heavy (non-hydrogen) atoms. The molecule has 0 aromatic heterocycles. The molecule has 0 atom stereocenters. The van der Waals surface area contributed by atoms with E-state index in [1.807, 2.05) is 39.3 Å². The van der Waals surface area contributed by atoms with E-state index in [-0.39, 0.29) is 5.95 Å². The summed E-state index contributed by atoms with van der Waals surface area (Å²) < 4.78 is 10.3. The Labute approximate surface area is 93.2 Å². The molecule has 0 aliphatic heterocycles. The fraction of sp³-hybridized carbons (Fsp3) is 0.667. The van der Waals surface area contributed by atoms with E-state index < -0.39 is 22.6 Å². The predicted molar refractivity (Wildman–Crippen MR) is 64.6 cm³/mol. The highest BCUT2D eigenvalue weighted by Gasteiger charge is 2.21. The van der Waals surface area contributed by atoms with Gasteiger partial charge in [0.2, 0.25) is 16.6 Å². The molecule has 0 heterocycles. The van der Waals surface area contributed by atoms with Crippen LogP contribution in [0, 0.1) is 0 Å². The van der Waals surface area contributed by atoms with Gasteiger partial charge >= 0.3 is 5.97 Å². The number of hydrogen-bond donors (Lipinski definition) is 1. The van der Waals surface area contributed by atoms with Gasteiger partial charge < -0.3 is 14.0 Å². The van der Waals surface area contributed by atoms with E-state index in [1.165, 1.54) is 0 Å². The van der Waals surface area contributed by atoms with Crippen LogP contribution in [0.1, 0.15) is 0 Å². The van der Waals surface area contributed by atoms with Crippen molar-refractivity contribution < 1.29 is 18.8 Å². The first-order valence-corrected chi connectivity index (χ1v) is 11.6. The summed E-state index contributed by atoms with van der Waals surface area (Å²) in [6.45, 7) is 11.4. The third-order valence-electron chi connectivity index (χ3n) is 1.06. The highest BCUT2D eigenvalue weighted by molar-refractivity contribution is 6.71. The number of aliphatic hydroxyl groups excluding tert-OH is 1. The Kier molecular flexibility index (Phi) is 4.60. The maximum Gasteiger partial charge on any atom is 0.324 e. The molecule has 0 fully saturated rings. The molecule has 0 aromatic carbocycles. The first-order valence-electron chi connectivity index (χ1n) is 4.82. The van der Waals surface area contributed by atoms with Gasteiger partial charge in [-0.25, -0.2) is 4.79 Å². The van der Waals surface area contributed by atoms with Crippen molar-refractivity contribution in [2.75, 3.05) is 0 Å². The molecule has 6 heteroatoms. The molecule has 0 radical (unpaired) electrons.